The van der Waals surface area contributed by atoms with Gasteiger partial charge in [-0.25, -0.2) is 9.97 Å². The Morgan fingerprint density at radius 3 is 2.33 bits per heavy atom. The van der Waals surface area contributed by atoms with Crippen molar-refractivity contribution in [1.82, 2.24) is 14.9 Å². The van der Waals surface area contributed by atoms with Crippen molar-refractivity contribution in [3.8, 4) is 38.4 Å². The van der Waals surface area contributed by atoms with Gasteiger partial charge in [0.2, 0.25) is 5.75 Å². The molecule has 5 aromatic rings. The van der Waals surface area contributed by atoms with E-state index in [-0.39, 0.29) is 22.6 Å². The van der Waals surface area contributed by atoms with Gasteiger partial charge >= 0.3 is 0 Å². The molecule has 0 atom stereocenters. The Hall–Kier alpha value is -5.47. The van der Waals surface area contributed by atoms with Crippen LogP contribution in [0.1, 0.15) is 31.1 Å². The molecule has 0 spiro atoms. The molecule has 0 unspecified atom stereocenters. The molecule has 0 radical (unpaired) electrons. The molecule has 0 fully saturated rings. The number of carbonyl (C=O) groups is 3. The van der Waals surface area contributed by atoms with Gasteiger partial charge in [-0.05, 0) is 30.3 Å². The molecule has 0 aliphatic carbocycles. The van der Waals surface area contributed by atoms with Crippen molar-refractivity contribution >= 4 is 62.7 Å². The van der Waals surface area contributed by atoms with E-state index in [2.05, 4.69) is 15.6 Å². The first kappa shape index (κ1) is 29.6. The number of amides is 3. The lowest BCUT2D eigenvalue weighted by Crippen LogP contribution is -2.24. The summed E-state index contributed by atoms with van der Waals surface area (Å²) in [5.41, 5.74) is 9.75. The number of thiazole rings is 2. The van der Waals surface area contributed by atoms with Crippen LogP contribution in [0.15, 0.2) is 60.0 Å². The highest BCUT2D eigenvalue weighted by Crippen LogP contribution is 2.43. The van der Waals surface area contributed by atoms with Gasteiger partial charge in [-0.3, -0.25) is 19.3 Å². The van der Waals surface area contributed by atoms with Crippen LogP contribution in [0.25, 0.3) is 21.1 Å². The fourth-order valence-corrected chi connectivity index (χ4v) is 6.62. The van der Waals surface area contributed by atoms with Gasteiger partial charge in [0.1, 0.15) is 15.7 Å². The molecule has 0 saturated carbocycles. The van der Waals surface area contributed by atoms with Crippen LogP contribution in [0, 0.1) is 0 Å². The smallest absolute Gasteiger partial charge is 0.261 e. The van der Waals surface area contributed by atoms with Crippen molar-refractivity contribution in [2.24, 2.45) is 0 Å². The number of nitrogens with one attached hydrogen (secondary N) is 2. The van der Waals surface area contributed by atoms with Crippen molar-refractivity contribution in [1.29, 1.82) is 0 Å². The van der Waals surface area contributed by atoms with Crippen molar-refractivity contribution in [2.75, 3.05) is 44.7 Å². The summed E-state index contributed by atoms with van der Waals surface area (Å²) in [7, 11) is 6.05. The zero-order valence-electron chi connectivity index (χ0n) is 24.5. The van der Waals surface area contributed by atoms with E-state index in [9.17, 15) is 14.4 Å². The van der Waals surface area contributed by atoms with Gasteiger partial charge in [0, 0.05) is 47.1 Å². The summed E-state index contributed by atoms with van der Waals surface area (Å²) in [5, 5.41) is 9.26. The fourth-order valence-electron chi connectivity index (χ4n) is 4.79. The quantitative estimate of drug-likeness (QED) is 0.169. The minimum Gasteiger partial charge on any atom is -0.493 e. The van der Waals surface area contributed by atoms with Crippen molar-refractivity contribution in [2.45, 2.75) is 0 Å². The lowest BCUT2D eigenvalue weighted by Gasteiger charge is -2.14. The van der Waals surface area contributed by atoms with Gasteiger partial charge in [0.15, 0.2) is 16.6 Å². The number of methoxy groups -OCH3 is 3. The van der Waals surface area contributed by atoms with Crippen molar-refractivity contribution in [3.05, 3.63) is 76.7 Å². The molecule has 14 heteroatoms. The number of aromatic nitrogens is 2. The number of anilines is 4. The van der Waals surface area contributed by atoms with Gasteiger partial charge < -0.3 is 30.6 Å². The van der Waals surface area contributed by atoms with E-state index in [1.54, 1.807) is 45.6 Å². The Morgan fingerprint density at radius 2 is 1.62 bits per heavy atom. The van der Waals surface area contributed by atoms with E-state index in [1.165, 1.54) is 47.9 Å². The van der Waals surface area contributed by atoms with Gasteiger partial charge in [-0.15, -0.1) is 11.3 Å². The maximum atomic E-state index is 13.0. The molecule has 0 bridgehead atoms. The lowest BCUT2D eigenvalue weighted by molar-refractivity contribution is 0.0693. The zero-order chi connectivity index (χ0) is 31.8. The molecule has 3 aromatic carbocycles. The number of nitrogen functional groups attached to an aromatic ring is 1. The number of ether oxygens (including phenoxy) is 3. The summed E-state index contributed by atoms with van der Waals surface area (Å²) in [5.74, 6) is 0.581. The Labute approximate surface area is 265 Å². The minimum absolute atomic E-state index is 0.211. The summed E-state index contributed by atoms with van der Waals surface area (Å²) in [6.45, 7) is 0. The van der Waals surface area contributed by atoms with Gasteiger partial charge in [-0.1, -0.05) is 23.5 Å². The largest absolute Gasteiger partial charge is 0.493 e. The number of nitrogens with zero attached hydrogens (tertiary/aromatic N) is 3. The third-order valence-corrected chi connectivity index (χ3v) is 9.02. The van der Waals surface area contributed by atoms with Gasteiger partial charge in [0.05, 0.1) is 38.2 Å². The first-order valence-electron chi connectivity index (χ1n) is 13.4. The Kier molecular flexibility index (Phi) is 7.83. The van der Waals surface area contributed by atoms with Gasteiger partial charge in [0.25, 0.3) is 17.7 Å². The minimum atomic E-state index is -0.434. The van der Waals surface area contributed by atoms with E-state index in [4.69, 9.17) is 24.9 Å². The van der Waals surface area contributed by atoms with Crippen LogP contribution in [-0.2, 0) is 0 Å². The average Bonchev–Trinajstić information content (AvgIpc) is 3.74. The molecule has 1 aliphatic rings. The van der Waals surface area contributed by atoms with E-state index in [0.717, 1.165) is 10.5 Å². The van der Waals surface area contributed by atoms with Crippen LogP contribution in [0.3, 0.4) is 0 Å². The fraction of sp³-hybridized carbons (Fsp3) is 0.129. The third-order valence-electron chi connectivity index (χ3n) is 7.04. The Morgan fingerprint density at radius 1 is 0.889 bits per heavy atom. The van der Waals surface area contributed by atoms with Crippen molar-refractivity contribution < 1.29 is 28.6 Å². The lowest BCUT2D eigenvalue weighted by atomic mass is 10.1. The molecule has 45 heavy (non-hydrogen) atoms. The molecule has 3 heterocycles. The first-order chi connectivity index (χ1) is 21.7. The number of hydrogen-bond donors (Lipinski definition) is 3. The molecule has 228 valence electrons. The number of nitrogens with two attached hydrogens (primary N) is 1. The third kappa shape index (κ3) is 5.52. The SMILES string of the molecule is COc1cc(Nc2nc(N)c(-c3nc(-c4cccc(NC(=O)c5ccc6c(c5)C(=O)N(C)C6=O)c4)cs3)s2)cc(OC)c1OC. The normalized spacial score (nSPS) is 12.2. The molecule has 12 nitrogen and oxygen atoms in total. The zero-order valence-corrected chi connectivity index (χ0v) is 26.1. The Balaban J connectivity index is 1.19. The number of fused-ring (bicyclic) bond motifs is 1. The summed E-state index contributed by atoms with van der Waals surface area (Å²) >= 11 is 2.77. The van der Waals surface area contributed by atoms with E-state index in [0.29, 0.717) is 55.2 Å². The van der Waals surface area contributed by atoms with Crippen LogP contribution in [0.2, 0.25) is 0 Å². The topological polar surface area (TPSA) is 158 Å². The molecule has 4 N–H and O–H groups in total. The molecule has 3 amide bonds. The van der Waals surface area contributed by atoms with E-state index >= 15 is 0 Å². The number of rotatable bonds is 9. The van der Waals surface area contributed by atoms with Crippen LogP contribution in [0.5, 0.6) is 17.2 Å². The highest BCUT2D eigenvalue weighted by atomic mass is 32.1. The maximum Gasteiger partial charge on any atom is 0.261 e. The second-order valence-electron chi connectivity index (χ2n) is 9.77. The standard InChI is InChI=1S/C31H26N6O6S2/c1-37-29(39)19-9-8-16(11-20(19)30(37)40)27(38)33-17-7-5-6-15(10-17)21-14-44-28(35-21)25-26(32)36-31(45-25)34-18-12-22(41-2)24(43-4)23(13-18)42-3/h5-14H,32H2,1-4H3,(H,33,38)(H,34,36). The first-order valence-corrected chi connectivity index (χ1v) is 15.1. The summed E-state index contributed by atoms with van der Waals surface area (Å²) < 4.78 is 16.3. The average molecular weight is 643 g/mol. The van der Waals surface area contributed by atoms with Crippen LogP contribution in [-0.4, -0.2) is 61.0 Å². The number of carbonyl (C=O) groups excluding carboxylic acids is 3. The highest BCUT2D eigenvalue weighted by Gasteiger charge is 2.33. The predicted molar refractivity (Wildman–Crippen MR) is 173 cm³/mol. The molecular formula is C31H26N6O6S2. The molecule has 0 saturated heterocycles. The molecular weight excluding hydrogens is 617 g/mol. The van der Waals surface area contributed by atoms with Crippen LogP contribution < -0.4 is 30.6 Å². The number of hydrogen-bond acceptors (Lipinski definition) is 12. The van der Waals surface area contributed by atoms with Gasteiger partial charge in [-0.2, -0.15) is 0 Å². The molecule has 6 rings (SSSR count). The maximum absolute atomic E-state index is 13.0. The molecule has 2 aromatic heterocycles. The summed E-state index contributed by atoms with van der Waals surface area (Å²) in [6, 6.07) is 15.3. The summed E-state index contributed by atoms with van der Waals surface area (Å²) in [6.07, 6.45) is 0. The summed E-state index contributed by atoms with van der Waals surface area (Å²) in [4.78, 5) is 48.6. The van der Waals surface area contributed by atoms with E-state index in [1.807, 2.05) is 17.5 Å². The second kappa shape index (κ2) is 11.9. The molecule has 1 aliphatic heterocycles. The predicted octanol–water partition coefficient (Wildman–Crippen LogP) is 5.76. The second-order valence-corrected chi connectivity index (χ2v) is 11.6. The highest BCUT2D eigenvalue weighted by molar-refractivity contribution is 7.23. The van der Waals surface area contributed by atoms with Crippen LogP contribution in [0.4, 0.5) is 22.3 Å². The number of benzene rings is 3. The number of imide groups is 1. The monoisotopic (exact) mass is 642 g/mol. The Bertz CT molecular complexity index is 1960. The van der Waals surface area contributed by atoms with Crippen LogP contribution >= 0.6 is 22.7 Å². The van der Waals surface area contributed by atoms with Crippen molar-refractivity contribution in [3.63, 3.8) is 0 Å². The van der Waals surface area contributed by atoms with E-state index < -0.39 is 11.8 Å².